The number of likely N-dealkylation sites (N-methyl/N-ethyl adjacent to an activating group) is 1. The molecule has 0 radical (unpaired) electrons. The largest absolute Gasteiger partial charge is 0.332 e. The monoisotopic (exact) mass is 391 g/mol. The van der Waals surface area contributed by atoms with Gasteiger partial charge < -0.3 is 10.2 Å². The molecule has 0 fully saturated rings. The summed E-state index contributed by atoms with van der Waals surface area (Å²) in [6.07, 6.45) is 1.47. The van der Waals surface area contributed by atoms with Gasteiger partial charge >= 0.3 is 0 Å². The molecule has 0 spiro atoms. The quantitative estimate of drug-likeness (QED) is 0.605. The second-order valence-corrected chi connectivity index (χ2v) is 6.85. The Hall–Kier alpha value is -3.74. The average molecular weight is 391 g/mol. The van der Waals surface area contributed by atoms with Crippen molar-refractivity contribution in [2.24, 2.45) is 0 Å². The highest BCUT2D eigenvalue weighted by atomic mass is 16.2. The number of hydrogen-bond acceptors (Lipinski definition) is 4. The zero-order chi connectivity index (χ0) is 21.1. The zero-order valence-corrected chi connectivity index (χ0v) is 16.3. The predicted octanol–water partition coefficient (Wildman–Crippen LogP) is 2.49. The lowest BCUT2D eigenvalue weighted by atomic mass is 10.0. The second kappa shape index (κ2) is 8.10. The molecule has 1 N–H and O–H groups in total. The van der Waals surface area contributed by atoms with Gasteiger partial charge in [-0.25, -0.2) is 0 Å². The van der Waals surface area contributed by atoms with Crippen molar-refractivity contribution in [2.45, 2.75) is 6.92 Å². The lowest BCUT2D eigenvalue weighted by Gasteiger charge is -2.17. The van der Waals surface area contributed by atoms with E-state index in [0.717, 1.165) is 10.5 Å². The van der Waals surface area contributed by atoms with E-state index in [1.807, 2.05) is 19.1 Å². The van der Waals surface area contributed by atoms with Crippen molar-refractivity contribution < 1.29 is 19.2 Å². The molecule has 0 aromatic heterocycles. The number of fused-ring (bicyclic) bond motifs is 1. The Labute approximate surface area is 168 Å². The third-order valence-corrected chi connectivity index (χ3v) is 4.59. The van der Waals surface area contributed by atoms with E-state index in [-0.39, 0.29) is 35.7 Å². The first-order chi connectivity index (χ1) is 13.8. The Morgan fingerprint density at radius 3 is 2.38 bits per heavy atom. The van der Waals surface area contributed by atoms with Crippen LogP contribution < -0.4 is 5.32 Å². The van der Waals surface area contributed by atoms with Crippen LogP contribution in [0.1, 0.15) is 36.6 Å². The van der Waals surface area contributed by atoms with Crippen LogP contribution in [0.25, 0.3) is 0 Å². The summed E-state index contributed by atoms with van der Waals surface area (Å²) in [7, 11) is 1.50. The standard InChI is InChI=1S/C22H21N3O4/c1-4-11-25-21(28)17-10-7-15(12-18(17)22(25)29)20(27)24(3)13-19(26)23-16-8-5-14(2)6-9-16/h4-10,12H,1,11,13H2,2-3H3,(H,23,26). The van der Waals surface area contributed by atoms with Gasteiger partial charge in [0.25, 0.3) is 17.7 Å². The summed E-state index contributed by atoms with van der Waals surface area (Å²) < 4.78 is 0. The van der Waals surface area contributed by atoms with Gasteiger partial charge in [0.1, 0.15) is 0 Å². The molecule has 148 valence electrons. The highest BCUT2D eigenvalue weighted by Gasteiger charge is 2.35. The number of carbonyl (C=O) groups excluding carboxylic acids is 4. The summed E-state index contributed by atoms with van der Waals surface area (Å²) in [5, 5.41) is 2.73. The maximum Gasteiger partial charge on any atom is 0.261 e. The van der Waals surface area contributed by atoms with Crippen molar-refractivity contribution in [3.05, 3.63) is 77.4 Å². The number of amides is 4. The van der Waals surface area contributed by atoms with E-state index in [4.69, 9.17) is 0 Å². The fourth-order valence-corrected chi connectivity index (χ4v) is 3.06. The lowest BCUT2D eigenvalue weighted by Crippen LogP contribution is -2.35. The molecule has 7 heteroatoms. The fourth-order valence-electron chi connectivity index (χ4n) is 3.06. The molecule has 0 bridgehead atoms. The van der Waals surface area contributed by atoms with E-state index >= 15 is 0 Å². The molecule has 4 amide bonds. The number of nitrogens with one attached hydrogen (secondary N) is 1. The molecule has 3 rings (SSSR count). The maximum absolute atomic E-state index is 12.7. The van der Waals surface area contributed by atoms with E-state index in [1.165, 1.54) is 36.2 Å². The van der Waals surface area contributed by atoms with Crippen LogP contribution in [0, 0.1) is 6.92 Å². The SMILES string of the molecule is C=CCN1C(=O)c2ccc(C(=O)N(C)CC(=O)Nc3ccc(C)cc3)cc2C1=O. The Bertz CT molecular complexity index is 1010. The van der Waals surface area contributed by atoms with Gasteiger partial charge in [0.15, 0.2) is 0 Å². The van der Waals surface area contributed by atoms with Crippen molar-refractivity contribution >= 4 is 29.3 Å². The summed E-state index contributed by atoms with van der Waals surface area (Å²) >= 11 is 0. The van der Waals surface area contributed by atoms with E-state index in [1.54, 1.807) is 12.1 Å². The molecule has 0 unspecified atom stereocenters. The number of anilines is 1. The molecule has 1 aliphatic heterocycles. The molecule has 1 heterocycles. The molecule has 0 saturated carbocycles. The molecule has 0 aliphatic carbocycles. The summed E-state index contributed by atoms with van der Waals surface area (Å²) in [6, 6.07) is 11.7. The van der Waals surface area contributed by atoms with E-state index < -0.39 is 17.7 Å². The number of carbonyl (C=O) groups is 4. The Balaban J connectivity index is 1.70. The minimum atomic E-state index is -0.459. The van der Waals surface area contributed by atoms with Crippen LogP contribution in [0.15, 0.2) is 55.1 Å². The Morgan fingerprint density at radius 1 is 1.07 bits per heavy atom. The van der Waals surface area contributed by atoms with Crippen LogP contribution in [0.2, 0.25) is 0 Å². The van der Waals surface area contributed by atoms with Crippen LogP contribution in [-0.4, -0.2) is 53.6 Å². The topological polar surface area (TPSA) is 86.8 Å². The molecule has 7 nitrogen and oxygen atoms in total. The highest BCUT2D eigenvalue weighted by molar-refractivity contribution is 6.22. The second-order valence-electron chi connectivity index (χ2n) is 6.85. The first-order valence-corrected chi connectivity index (χ1v) is 9.05. The van der Waals surface area contributed by atoms with Crippen LogP contribution >= 0.6 is 0 Å². The van der Waals surface area contributed by atoms with E-state index in [9.17, 15) is 19.2 Å². The lowest BCUT2D eigenvalue weighted by molar-refractivity contribution is -0.116. The molecular weight excluding hydrogens is 370 g/mol. The molecule has 0 atom stereocenters. The minimum Gasteiger partial charge on any atom is -0.332 e. The van der Waals surface area contributed by atoms with Crippen molar-refractivity contribution in [3.8, 4) is 0 Å². The molecule has 2 aromatic rings. The number of benzene rings is 2. The fraction of sp³-hybridized carbons (Fsp3) is 0.182. The van der Waals surface area contributed by atoms with Gasteiger partial charge in [-0.05, 0) is 37.3 Å². The van der Waals surface area contributed by atoms with Crippen LogP contribution in [0.5, 0.6) is 0 Å². The number of rotatable bonds is 6. The maximum atomic E-state index is 12.7. The van der Waals surface area contributed by atoms with Crippen molar-refractivity contribution in [2.75, 3.05) is 25.5 Å². The number of hydrogen-bond donors (Lipinski definition) is 1. The van der Waals surface area contributed by atoms with Crippen LogP contribution in [0.4, 0.5) is 5.69 Å². The van der Waals surface area contributed by atoms with Gasteiger partial charge in [-0.3, -0.25) is 24.1 Å². The molecule has 2 aromatic carbocycles. The average Bonchev–Trinajstić information content (AvgIpc) is 2.93. The number of aryl methyl sites for hydroxylation is 1. The zero-order valence-electron chi connectivity index (χ0n) is 16.3. The minimum absolute atomic E-state index is 0.106. The third kappa shape index (κ3) is 4.08. The van der Waals surface area contributed by atoms with Crippen LogP contribution in [-0.2, 0) is 4.79 Å². The van der Waals surface area contributed by atoms with Gasteiger partial charge in [0, 0.05) is 24.8 Å². The van der Waals surface area contributed by atoms with Crippen molar-refractivity contribution in [1.29, 1.82) is 0 Å². The van der Waals surface area contributed by atoms with Gasteiger partial charge in [-0.2, -0.15) is 0 Å². The Kier molecular flexibility index (Phi) is 5.59. The highest BCUT2D eigenvalue weighted by Crippen LogP contribution is 2.24. The number of nitrogens with zero attached hydrogens (tertiary/aromatic N) is 2. The summed E-state index contributed by atoms with van der Waals surface area (Å²) in [5.41, 5.74) is 2.39. The van der Waals surface area contributed by atoms with Crippen molar-refractivity contribution in [3.63, 3.8) is 0 Å². The molecule has 0 saturated heterocycles. The van der Waals surface area contributed by atoms with Crippen molar-refractivity contribution in [1.82, 2.24) is 9.80 Å². The summed E-state index contributed by atoms with van der Waals surface area (Å²) in [5.74, 6) is -1.63. The predicted molar refractivity (Wildman–Crippen MR) is 109 cm³/mol. The number of imide groups is 1. The smallest absolute Gasteiger partial charge is 0.261 e. The van der Waals surface area contributed by atoms with Crippen LogP contribution in [0.3, 0.4) is 0 Å². The van der Waals surface area contributed by atoms with E-state index in [2.05, 4.69) is 11.9 Å². The van der Waals surface area contributed by atoms with Gasteiger partial charge in [-0.15, -0.1) is 6.58 Å². The first-order valence-electron chi connectivity index (χ1n) is 9.05. The van der Waals surface area contributed by atoms with E-state index in [0.29, 0.717) is 5.69 Å². The van der Waals surface area contributed by atoms with Gasteiger partial charge in [0.05, 0.1) is 17.7 Å². The molecular formula is C22H21N3O4. The normalized spacial score (nSPS) is 12.6. The Morgan fingerprint density at radius 2 is 1.72 bits per heavy atom. The first kappa shape index (κ1) is 20.0. The summed E-state index contributed by atoms with van der Waals surface area (Å²) in [6.45, 7) is 5.44. The molecule has 29 heavy (non-hydrogen) atoms. The molecule has 1 aliphatic rings. The van der Waals surface area contributed by atoms with Gasteiger partial charge in [-0.1, -0.05) is 23.8 Å². The summed E-state index contributed by atoms with van der Waals surface area (Å²) in [4.78, 5) is 51.9. The third-order valence-electron chi connectivity index (χ3n) is 4.59. The van der Waals surface area contributed by atoms with Gasteiger partial charge in [0.2, 0.25) is 5.91 Å².